The Labute approximate surface area is 167 Å². The zero-order valence-corrected chi connectivity index (χ0v) is 16.1. The number of sulfonamides is 1. The molecule has 0 atom stereocenters. The van der Waals surface area contributed by atoms with E-state index >= 15 is 0 Å². The number of nitrogens with one attached hydrogen (secondary N) is 1. The molecule has 0 spiro atoms. The minimum atomic E-state index is -4.63. The third-order valence-corrected chi connectivity index (χ3v) is 6.43. The summed E-state index contributed by atoms with van der Waals surface area (Å²) in [5.74, 6) is 0. The number of rotatable bonds is 4. The van der Waals surface area contributed by atoms with Crippen LogP contribution in [0.25, 0.3) is 20.9 Å². The van der Waals surface area contributed by atoms with E-state index in [2.05, 4.69) is 14.7 Å². The van der Waals surface area contributed by atoms with E-state index in [0.717, 1.165) is 39.1 Å². The van der Waals surface area contributed by atoms with Crippen molar-refractivity contribution < 1.29 is 21.6 Å². The number of pyridine rings is 1. The van der Waals surface area contributed by atoms with Gasteiger partial charge in [-0.3, -0.25) is 4.72 Å². The van der Waals surface area contributed by atoms with E-state index in [-0.39, 0.29) is 5.69 Å². The predicted molar refractivity (Wildman–Crippen MR) is 105 cm³/mol. The van der Waals surface area contributed by atoms with Crippen LogP contribution >= 0.6 is 11.3 Å². The quantitative estimate of drug-likeness (QED) is 0.480. The van der Waals surface area contributed by atoms with Gasteiger partial charge in [-0.25, -0.2) is 18.4 Å². The lowest BCUT2D eigenvalue weighted by atomic mass is 10.2. The molecule has 148 valence electrons. The summed E-state index contributed by atoms with van der Waals surface area (Å²) in [6.45, 7) is 0. The van der Waals surface area contributed by atoms with Crippen LogP contribution in [-0.4, -0.2) is 18.4 Å². The number of nitrogens with zero attached hydrogens (tertiary/aromatic N) is 2. The molecule has 0 amide bonds. The van der Waals surface area contributed by atoms with Crippen LogP contribution in [-0.2, 0) is 16.2 Å². The van der Waals surface area contributed by atoms with Crippen molar-refractivity contribution >= 4 is 37.4 Å². The number of anilines is 1. The molecule has 1 N–H and O–H groups in total. The molecule has 0 saturated carbocycles. The van der Waals surface area contributed by atoms with E-state index in [1.807, 2.05) is 6.07 Å². The average molecular weight is 435 g/mol. The number of hydrogen-bond acceptors (Lipinski definition) is 5. The zero-order chi connectivity index (χ0) is 20.6. The van der Waals surface area contributed by atoms with Crippen molar-refractivity contribution in [2.45, 2.75) is 11.1 Å². The van der Waals surface area contributed by atoms with Gasteiger partial charge in [0, 0.05) is 17.4 Å². The minimum absolute atomic E-state index is 0.227. The Balaban J connectivity index is 1.58. The average Bonchev–Trinajstić information content (AvgIpc) is 3.12. The van der Waals surface area contributed by atoms with Gasteiger partial charge in [-0.15, -0.1) is 0 Å². The van der Waals surface area contributed by atoms with Crippen LogP contribution in [0.15, 0.2) is 71.8 Å². The highest BCUT2D eigenvalue weighted by Crippen LogP contribution is 2.32. The van der Waals surface area contributed by atoms with E-state index in [9.17, 15) is 21.6 Å². The highest BCUT2D eigenvalue weighted by molar-refractivity contribution is 7.92. The molecule has 0 saturated heterocycles. The molecule has 0 aliphatic rings. The second kappa shape index (κ2) is 7.12. The fraction of sp³-hybridized carbons (Fsp3) is 0.0526. The molecule has 29 heavy (non-hydrogen) atoms. The highest BCUT2D eigenvalue weighted by atomic mass is 32.2. The molecular weight excluding hydrogens is 423 g/mol. The van der Waals surface area contributed by atoms with Crippen molar-refractivity contribution in [1.82, 2.24) is 9.97 Å². The number of thiazole rings is 1. The molecule has 10 heteroatoms. The molecular formula is C19H12F3N3O2S2. The van der Waals surface area contributed by atoms with E-state index in [1.54, 1.807) is 24.4 Å². The largest absolute Gasteiger partial charge is 0.416 e. The third kappa shape index (κ3) is 4.08. The van der Waals surface area contributed by atoms with Crippen LogP contribution in [0.2, 0.25) is 0 Å². The normalized spacial score (nSPS) is 12.2. The Bertz CT molecular complexity index is 1250. The summed E-state index contributed by atoms with van der Waals surface area (Å²) in [6, 6.07) is 13.6. The standard InChI is InChI=1S/C19H12F3N3O2S2/c20-19(21,22)13-3-1-4-15(11-13)29(26,27)25-14-8-6-12(7-9-14)17-24-16-5-2-10-23-18(16)28-17/h1-11,25H. The van der Waals surface area contributed by atoms with Crippen LogP contribution in [0.3, 0.4) is 0 Å². The summed E-state index contributed by atoms with van der Waals surface area (Å²) in [7, 11) is -4.17. The Morgan fingerprint density at radius 1 is 0.966 bits per heavy atom. The van der Waals surface area contributed by atoms with Gasteiger partial charge in [0.2, 0.25) is 0 Å². The second-order valence-corrected chi connectivity index (χ2v) is 8.72. The summed E-state index contributed by atoms with van der Waals surface area (Å²) in [4.78, 5) is 9.04. The van der Waals surface area contributed by atoms with Crippen molar-refractivity contribution in [2.24, 2.45) is 0 Å². The number of aromatic nitrogens is 2. The van der Waals surface area contributed by atoms with E-state index in [1.165, 1.54) is 23.5 Å². The van der Waals surface area contributed by atoms with Gasteiger partial charge in [0.15, 0.2) is 0 Å². The molecule has 0 fully saturated rings. The van der Waals surface area contributed by atoms with E-state index < -0.39 is 26.7 Å². The number of benzene rings is 2. The summed E-state index contributed by atoms with van der Waals surface area (Å²) >= 11 is 1.40. The van der Waals surface area contributed by atoms with Crippen LogP contribution < -0.4 is 4.72 Å². The first-order chi connectivity index (χ1) is 13.7. The molecule has 0 aliphatic carbocycles. The molecule has 4 aromatic rings. The van der Waals surface area contributed by atoms with Crippen molar-refractivity contribution in [3.05, 3.63) is 72.4 Å². The monoisotopic (exact) mass is 435 g/mol. The van der Waals surface area contributed by atoms with Gasteiger partial charge in [-0.2, -0.15) is 13.2 Å². The maximum Gasteiger partial charge on any atom is 0.416 e. The van der Waals surface area contributed by atoms with Gasteiger partial charge in [-0.1, -0.05) is 17.4 Å². The molecule has 0 radical (unpaired) electrons. The number of hydrogen-bond donors (Lipinski definition) is 1. The minimum Gasteiger partial charge on any atom is -0.280 e. The first kappa shape index (κ1) is 19.3. The Hall–Kier alpha value is -2.98. The summed E-state index contributed by atoms with van der Waals surface area (Å²) in [5, 5.41) is 0.728. The van der Waals surface area contributed by atoms with Crippen molar-refractivity contribution in [3.63, 3.8) is 0 Å². The molecule has 2 aromatic carbocycles. The summed E-state index contributed by atoms with van der Waals surface area (Å²) in [5.41, 5.74) is 0.738. The fourth-order valence-corrected chi connectivity index (χ4v) is 4.64. The topological polar surface area (TPSA) is 72.0 Å². The van der Waals surface area contributed by atoms with Gasteiger partial charge in [0.25, 0.3) is 10.0 Å². The van der Waals surface area contributed by atoms with Gasteiger partial charge in [0.05, 0.1) is 10.5 Å². The highest BCUT2D eigenvalue weighted by Gasteiger charge is 2.31. The maximum atomic E-state index is 12.8. The van der Waals surface area contributed by atoms with Crippen molar-refractivity contribution in [3.8, 4) is 10.6 Å². The Morgan fingerprint density at radius 3 is 2.41 bits per heavy atom. The van der Waals surface area contributed by atoms with Gasteiger partial charge < -0.3 is 0 Å². The smallest absolute Gasteiger partial charge is 0.280 e. The number of fused-ring (bicyclic) bond motifs is 1. The first-order valence-corrected chi connectivity index (χ1v) is 10.5. The van der Waals surface area contributed by atoms with Crippen LogP contribution in [0.1, 0.15) is 5.56 Å². The third-order valence-electron chi connectivity index (χ3n) is 4.02. The second-order valence-electron chi connectivity index (χ2n) is 6.06. The van der Waals surface area contributed by atoms with Crippen molar-refractivity contribution in [2.75, 3.05) is 4.72 Å². The number of halogens is 3. The molecule has 2 heterocycles. The lowest BCUT2D eigenvalue weighted by Crippen LogP contribution is -2.14. The summed E-state index contributed by atoms with van der Waals surface area (Å²) in [6.07, 6.45) is -2.95. The van der Waals surface area contributed by atoms with Crippen LogP contribution in [0.4, 0.5) is 18.9 Å². The van der Waals surface area contributed by atoms with Crippen molar-refractivity contribution in [1.29, 1.82) is 0 Å². The Kier molecular flexibility index (Phi) is 4.75. The zero-order valence-electron chi connectivity index (χ0n) is 14.5. The molecule has 4 rings (SSSR count). The molecule has 0 aliphatic heterocycles. The van der Waals surface area contributed by atoms with Gasteiger partial charge >= 0.3 is 6.18 Å². The Morgan fingerprint density at radius 2 is 1.72 bits per heavy atom. The predicted octanol–water partition coefficient (Wildman–Crippen LogP) is 5.18. The molecule has 5 nitrogen and oxygen atoms in total. The molecule has 2 aromatic heterocycles. The van der Waals surface area contributed by atoms with Gasteiger partial charge in [0.1, 0.15) is 15.4 Å². The first-order valence-electron chi connectivity index (χ1n) is 8.24. The van der Waals surface area contributed by atoms with E-state index in [0.29, 0.717) is 6.07 Å². The lowest BCUT2D eigenvalue weighted by molar-refractivity contribution is -0.137. The molecule has 0 unspecified atom stereocenters. The van der Waals surface area contributed by atoms with Gasteiger partial charge in [-0.05, 0) is 54.6 Å². The lowest BCUT2D eigenvalue weighted by Gasteiger charge is -2.11. The SMILES string of the molecule is O=S(=O)(Nc1ccc(-c2nc3cccnc3s2)cc1)c1cccc(C(F)(F)F)c1. The number of alkyl halides is 3. The van der Waals surface area contributed by atoms with E-state index in [4.69, 9.17) is 0 Å². The fourth-order valence-electron chi connectivity index (χ4n) is 2.63. The molecule has 0 bridgehead atoms. The maximum absolute atomic E-state index is 12.8. The van der Waals surface area contributed by atoms with Crippen LogP contribution in [0, 0.1) is 0 Å². The van der Waals surface area contributed by atoms with Crippen LogP contribution in [0.5, 0.6) is 0 Å². The summed E-state index contributed by atoms with van der Waals surface area (Å²) < 4.78 is 65.7.